The van der Waals surface area contributed by atoms with Gasteiger partial charge >= 0.3 is 0 Å². The summed E-state index contributed by atoms with van der Waals surface area (Å²) >= 11 is 0. The summed E-state index contributed by atoms with van der Waals surface area (Å²) in [5.74, 6) is 1.49. The Morgan fingerprint density at radius 1 is 1.48 bits per heavy atom. The lowest BCUT2D eigenvalue weighted by molar-refractivity contribution is 0.0943. The number of hydrogen-bond donors (Lipinski definition) is 1. The van der Waals surface area contributed by atoms with Gasteiger partial charge in [-0.1, -0.05) is 13.8 Å². The van der Waals surface area contributed by atoms with Gasteiger partial charge in [0.1, 0.15) is 11.5 Å². The number of nitrogens with one attached hydrogen (secondary N) is 1. The lowest BCUT2D eigenvalue weighted by Crippen LogP contribution is -2.33. The summed E-state index contributed by atoms with van der Waals surface area (Å²) in [4.78, 5) is 23.6. The van der Waals surface area contributed by atoms with Gasteiger partial charge in [0, 0.05) is 24.7 Å². The SMILES string of the molecule is Cc1cc(C(=O)NCC(C)C)nc(C2CCCN(C)C2)n1. The fourth-order valence-electron chi connectivity index (χ4n) is 2.65. The van der Waals surface area contributed by atoms with Gasteiger partial charge in [-0.25, -0.2) is 9.97 Å². The van der Waals surface area contributed by atoms with Gasteiger partial charge in [-0.2, -0.15) is 0 Å². The molecular weight excluding hydrogens is 264 g/mol. The predicted octanol–water partition coefficient (Wildman–Crippen LogP) is 1.98. The van der Waals surface area contributed by atoms with Crippen molar-refractivity contribution in [2.45, 2.75) is 39.5 Å². The fourth-order valence-corrected chi connectivity index (χ4v) is 2.65. The molecular formula is C16H26N4O. The topological polar surface area (TPSA) is 58.1 Å². The third-order valence-corrected chi connectivity index (χ3v) is 3.76. The first-order chi connectivity index (χ1) is 9.95. The zero-order valence-corrected chi connectivity index (χ0v) is 13.5. The molecule has 0 radical (unpaired) electrons. The standard InChI is InChI=1S/C16H26N4O/c1-11(2)9-17-16(21)14-8-12(3)18-15(19-14)13-6-5-7-20(4)10-13/h8,11,13H,5-7,9-10H2,1-4H3,(H,17,21). The Bertz CT molecular complexity index is 501. The van der Waals surface area contributed by atoms with Crippen LogP contribution in [0.1, 0.15) is 54.6 Å². The highest BCUT2D eigenvalue weighted by Gasteiger charge is 2.22. The van der Waals surface area contributed by atoms with E-state index in [4.69, 9.17) is 0 Å². The third-order valence-electron chi connectivity index (χ3n) is 3.76. The summed E-state index contributed by atoms with van der Waals surface area (Å²) < 4.78 is 0. The molecule has 1 amide bonds. The average Bonchev–Trinajstić information content (AvgIpc) is 2.44. The number of amides is 1. The van der Waals surface area contributed by atoms with Crippen molar-refractivity contribution in [1.29, 1.82) is 0 Å². The van der Waals surface area contributed by atoms with Gasteiger partial charge < -0.3 is 10.2 Å². The van der Waals surface area contributed by atoms with Gasteiger partial charge in [-0.15, -0.1) is 0 Å². The van der Waals surface area contributed by atoms with Crippen molar-refractivity contribution in [3.05, 3.63) is 23.3 Å². The van der Waals surface area contributed by atoms with E-state index in [0.717, 1.165) is 37.4 Å². The van der Waals surface area contributed by atoms with Crippen LogP contribution in [0, 0.1) is 12.8 Å². The zero-order valence-electron chi connectivity index (χ0n) is 13.5. The molecule has 0 aliphatic carbocycles. The zero-order chi connectivity index (χ0) is 15.4. The van der Waals surface area contributed by atoms with E-state index in [9.17, 15) is 4.79 Å². The van der Waals surface area contributed by atoms with E-state index in [-0.39, 0.29) is 5.91 Å². The first kappa shape index (κ1) is 15.9. The van der Waals surface area contributed by atoms with Crippen LogP contribution in [0.25, 0.3) is 0 Å². The number of carbonyl (C=O) groups is 1. The summed E-state index contributed by atoms with van der Waals surface area (Å²) in [6.45, 7) is 8.85. The molecule has 5 nitrogen and oxygen atoms in total. The van der Waals surface area contributed by atoms with Crippen molar-refractivity contribution >= 4 is 5.91 Å². The maximum atomic E-state index is 12.2. The Morgan fingerprint density at radius 2 is 2.24 bits per heavy atom. The molecule has 1 aliphatic heterocycles. The average molecular weight is 290 g/mol. The highest BCUT2D eigenvalue weighted by Crippen LogP contribution is 2.23. The minimum atomic E-state index is -0.0976. The Morgan fingerprint density at radius 3 is 2.90 bits per heavy atom. The summed E-state index contributed by atoms with van der Waals surface area (Å²) in [6, 6.07) is 1.77. The van der Waals surface area contributed by atoms with Gasteiger partial charge in [-0.05, 0) is 45.3 Å². The molecule has 2 rings (SSSR count). The van der Waals surface area contributed by atoms with Crippen molar-refractivity contribution in [1.82, 2.24) is 20.2 Å². The van der Waals surface area contributed by atoms with Crippen LogP contribution >= 0.6 is 0 Å². The van der Waals surface area contributed by atoms with Crippen molar-refractivity contribution < 1.29 is 4.79 Å². The van der Waals surface area contributed by atoms with Crippen LogP contribution in [-0.4, -0.2) is 47.5 Å². The van der Waals surface area contributed by atoms with Crippen LogP contribution in [0.3, 0.4) is 0 Å². The molecule has 1 saturated heterocycles. The van der Waals surface area contributed by atoms with E-state index in [1.165, 1.54) is 0 Å². The lowest BCUT2D eigenvalue weighted by Gasteiger charge is -2.28. The molecule has 5 heteroatoms. The fraction of sp³-hybridized carbons (Fsp3) is 0.688. The number of carbonyl (C=O) groups excluding carboxylic acids is 1. The second-order valence-electron chi connectivity index (χ2n) is 6.46. The molecule has 0 saturated carbocycles. The van der Waals surface area contributed by atoms with Gasteiger partial charge in [0.2, 0.25) is 0 Å². The molecule has 0 spiro atoms. The Balaban J connectivity index is 2.14. The van der Waals surface area contributed by atoms with E-state index >= 15 is 0 Å². The number of likely N-dealkylation sites (N-methyl/N-ethyl adjacent to an activating group) is 1. The highest BCUT2D eigenvalue weighted by atomic mass is 16.1. The Kier molecular flexibility index (Phi) is 5.28. The van der Waals surface area contributed by atoms with Crippen molar-refractivity contribution in [2.75, 3.05) is 26.7 Å². The molecule has 0 bridgehead atoms. The molecule has 1 aromatic rings. The van der Waals surface area contributed by atoms with Crippen LogP contribution in [0.2, 0.25) is 0 Å². The number of hydrogen-bond acceptors (Lipinski definition) is 4. The summed E-state index contributed by atoms with van der Waals surface area (Å²) in [7, 11) is 2.12. The number of piperidine rings is 1. The Labute approximate surface area is 127 Å². The molecule has 1 unspecified atom stereocenters. The summed E-state index contributed by atoms with van der Waals surface area (Å²) in [6.07, 6.45) is 2.26. The molecule has 1 fully saturated rings. The van der Waals surface area contributed by atoms with Crippen LogP contribution in [-0.2, 0) is 0 Å². The van der Waals surface area contributed by atoms with Crippen molar-refractivity contribution in [3.63, 3.8) is 0 Å². The smallest absolute Gasteiger partial charge is 0.270 e. The molecule has 1 aromatic heterocycles. The van der Waals surface area contributed by atoms with Gasteiger partial charge in [0.05, 0.1) is 0 Å². The van der Waals surface area contributed by atoms with E-state index in [2.05, 4.69) is 41.1 Å². The number of aryl methyl sites for hydroxylation is 1. The second-order valence-corrected chi connectivity index (χ2v) is 6.46. The second kappa shape index (κ2) is 6.98. The van der Waals surface area contributed by atoms with E-state index < -0.39 is 0 Å². The molecule has 1 atom stereocenters. The Hall–Kier alpha value is -1.49. The number of aromatic nitrogens is 2. The first-order valence-electron chi connectivity index (χ1n) is 7.78. The predicted molar refractivity (Wildman–Crippen MR) is 83.4 cm³/mol. The van der Waals surface area contributed by atoms with Gasteiger partial charge in [0.25, 0.3) is 5.91 Å². The molecule has 21 heavy (non-hydrogen) atoms. The van der Waals surface area contributed by atoms with Crippen LogP contribution in [0.4, 0.5) is 0 Å². The van der Waals surface area contributed by atoms with Gasteiger partial charge in [0.15, 0.2) is 0 Å². The third kappa shape index (κ3) is 4.49. The normalized spacial score (nSPS) is 19.8. The monoisotopic (exact) mass is 290 g/mol. The molecule has 2 heterocycles. The quantitative estimate of drug-likeness (QED) is 0.921. The van der Waals surface area contributed by atoms with Crippen molar-refractivity contribution in [3.8, 4) is 0 Å². The first-order valence-corrected chi connectivity index (χ1v) is 7.78. The minimum Gasteiger partial charge on any atom is -0.350 e. The van der Waals surface area contributed by atoms with Crippen LogP contribution < -0.4 is 5.32 Å². The highest BCUT2D eigenvalue weighted by molar-refractivity contribution is 5.92. The maximum absolute atomic E-state index is 12.2. The van der Waals surface area contributed by atoms with Crippen molar-refractivity contribution in [2.24, 2.45) is 5.92 Å². The van der Waals surface area contributed by atoms with E-state index in [1.807, 2.05) is 6.92 Å². The number of nitrogens with zero attached hydrogens (tertiary/aromatic N) is 3. The number of rotatable bonds is 4. The summed E-state index contributed by atoms with van der Waals surface area (Å²) in [5.41, 5.74) is 1.36. The molecule has 0 aromatic carbocycles. The van der Waals surface area contributed by atoms with Gasteiger partial charge in [-0.3, -0.25) is 4.79 Å². The molecule has 1 N–H and O–H groups in total. The van der Waals surface area contributed by atoms with E-state index in [1.54, 1.807) is 6.07 Å². The lowest BCUT2D eigenvalue weighted by atomic mass is 9.97. The maximum Gasteiger partial charge on any atom is 0.270 e. The summed E-state index contributed by atoms with van der Waals surface area (Å²) in [5, 5.41) is 2.92. The molecule has 1 aliphatic rings. The van der Waals surface area contributed by atoms with Crippen LogP contribution in [0.15, 0.2) is 6.07 Å². The molecule has 116 valence electrons. The largest absolute Gasteiger partial charge is 0.350 e. The van der Waals surface area contributed by atoms with Crippen LogP contribution in [0.5, 0.6) is 0 Å². The number of likely N-dealkylation sites (tertiary alicyclic amines) is 1. The van der Waals surface area contributed by atoms with E-state index in [0.29, 0.717) is 24.1 Å². The minimum absolute atomic E-state index is 0.0976.